The summed E-state index contributed by atoms with van der Waals surface area (Å²) >= 11 is 0. The highest BCUT2D eigenvalue weighted by Crippen LogP contribution is 2.12. The molecular formula is C11H14N3+. The summed E-state index contributed by atoms with van der Waals surface area (Å²) in [4.78, 5) is 4.01. The normalized spacial score (nSPS) is 12.7. The molecule has 1 aromatic heterocycles. The van der Waals surface area contributed by atoms with Gasteiger partial charge in [0.25, 0.3) is 0 Å². The zero-order valence-corrected chi connectivity index (χ0v) is 8.22. The number of hydrogen-bond donors (Lipinski definition) is 1. The Kier molecular flexibility index (Phi) is 2.33. The lowest BCUT2D eigenvalue weighted by Crippen LogP contribution is -2.51. The Balaban J connectivity index is 2.31. The molecule has 72 valence electrons. The number of imidazole rings is 1. The lowest BCUT2D eigenvalue weighted by atomic mass is 10.1. The maximum absolute atomic E-state index is 4.01. The molecule has 0 unspecified atom stereocenters. The van der Waals surface area contributed by atoms with Crippen LogP contribution in [0.2, 0.25) is 0 Å². The zero-order valence-electron chi connectivity index (χ0n) is 8.22. The van der Waals surface area contributed by atoms with Gasteiger partial charge in [0.1, 0.15) is 6.04 Å². The minimum absolute atomic E-state index is 0.340. The summed E-state index contributed by atoms with van der Waals surface area (Å²) in [6, 6.07) is 8.71. The summed E-state index contributed by atoms with van der Waals surface area (Å²) in [5.74, 6) is 0. The van der Waals surface area contributed by atoms with Crippen LogP contribution in [0, 0.1) is 0 Å². The van der Waals surface area contributed by atoms with Crippen molar-refractivity contribution >= 4 is 0 Å². The van der Waals surface area contributed by atoms with Crippen LogP contribution in [0.3, 0.4) is 0 Å². The van der Waals surface area contributed by atoms with Crippen molar-refractivity contribution in [3.63, 3.8) is 0 Å². The standard InChI is InChI=1S/C11H13N3/c1-9(12)10-2-4-11(5-3-10)14-7-6-13-8-14/h2-9H,12H2,1H3/p+1/t9-/m0/s1. The van der Waals surface area contributed by atoms with E-state index >= 15 is 0 Å². The average Bonchev–Trinajstić information content (AvgIpc) is 2.71. The highest BCUT2D eigenvalue weighted by molar-refractivity contribution is 5.34. The van der Waals surface area contributed by atoms with E-state index in [9.17, 15) is 0 Å². The molecule has 3 N–H and O–H groups in total. The van der Waals surface area contributed by atoms with Crippen LogP contribution in [-0.2, 0) is 0 Å². The number of quaternary nitrogens is 1. The number of rotatable bonds is 2. The topological polar surface area (TPSA) is 45.5 Å². The van der Waals surface area contributed by atoms with Crippen molar-refractivity contribution in [1.82, 2.24) is 9.55 Å². The maximum atomic E-state index is 4.01. The van der Waals surface area contributed by atoms with Crippen molar-refractivity contribution < 1.29 is 5.73 Å². The van der Waals surface area contributed by atoms with Gasteiger partial charge in [-0.05, 0) is 19.1 Å². The molecule has 2 rings (SSSR count). The van der Waals surface area contributed by atoms with E-state index in [1.165, 1.54) is 5.56 Å². The van der Waals surface area contributed by atoms with Crippen LogP contribution in [0.4, 0.5) is 0 Å². The summed E-state index contributed by atoms with van der Waals surface area (Å²) in [6.07, 6.45) is 5.50. The van der Waals surface area contributed by atoms with Gasteiger partial charge in [0.15, 0.2) is 0 Å². The molecule has 3 heteroatoms. The first kappa shape index (κ1) is 8.97. The van der Waals surface area contributed by atoms with Gasteiger partial charge >= 0.3 is 0 Å². The monoisotopic (exact) mass is 188 g/mol. The lowest BCUT2D eigenvalue weighted by molar-refractivity contribution is -0.420. The van der Waals surface area contributed by atoms with E-state index in [1.54, 1.807) is 12.5 Å². The molecule has 14 heavy (non-hydrogen) atoms. The van der Waals surface area contributed by atoms with Crippen LogP contribution in [-0.4, -0.2) is 9.55 Å². The van der Waals surface area contributed by atoms with Gasteiger partial charge in [-0.1, -0.05) is 12.1 Å². The van der Waals surface area contributed by atoms with Crippen LogP contribution in [0.5, 0.6) is 0 Å². The second-order valence-electron chi connectivity index (χ2n) is 3.46. The van der Waals surface area contributed by atoms with Crippen molar-refractivity contribution in [2.45, 2.75) is 13.0 Å². The molecular weight excluding hydrogens is 174 g/mol. The number of hydrogen-bond acceptors (Lipinski definition) is 1. The van der Waals surface area contributed by atoms with Gasteiger partial charge in [-0.25, -0.2) is 4.98 Å². The molecule has 0 bridgehead atoms. The van der Waals surface area contributed by atoms with Crippen LogP contribution < -0.4 is 5.73 Å². The fourth-order valence-corrected chi connectivity index (χ4v) is 1.39. The Morgan fingerprint density at radius 2 is 2.00 bits per heavy atom. The minimum Gasteiger partial charge on any atom is -0.352 e. The Bertz CT molecular complexity index is 387. The Morgan fingerprint density at radius 1 is 1.29 bits per heavy atom. The Hall–Kier alpha value is -1.61. The predicted octanol–water partition coefficient (Wildman–Crippen LogP) is 1.18. The summed E-state index contributed by atoms with van der Waals surface area (Å²) < 4.78 is 1.98. The third-order valence-electron chi connectivity index (χ3n) is 2.26. The number of nitrogens with zero attached hydrogens (tertiary/aromatic N) is 2. The summed E-state index contributed by atoms with van der Waals surface area (Å²) in [5, 5.41) is 0. The first-order valence-corrected chi connectivity index (χ1v) is 4.69. The van der Waals surface area contributed by atoms with E-state index in [0.29, 0.717) is 6.04 Å². The first-order valence-electron chi connectivity index (χ1n) is 4.69. The van der Waals surface area contributed by atoms with Gasteiger partial charge in [0.05, 0.1) is 6.33 Å². The molecule has 0 spiro atoms. The van der Waals surface area contributed by atoms with E-state index in [4.69, 9.17) is 0 Å². The van der Waals surface area contributed by atoms with E-state index in [1.807, 2.05) is 10.8 Å². The Morgan fingerprint density at radius 3 is 2.50 bits per heavy atom. The lowest BCUT2D eigenvalue weighted by Gasteiger charge is -2.05. The van der Waals surface area contributed by atoms with Gasteiger partial charge < -0.3 is 10.3 Å². The summed E-state index contributed by atoms with van der Waals surface area (Å²) in [5.41, 5.74) is 6.37. The molecule has 0 aliphatic heterocycles. The minimum atomic E-state index is 0.340. The van der Waals surface area contributed by atoms with Crippen LogP contribution in [0.15, 0.2) is 43.0 Å². The van der Waals surface area contributed by atoms with Crippen molar-refractivity contribution in [2.75, 3.05) is 0 Å². The smallest absolute Gasteiger partial charge is 0.107 e. The summed E-state index contributed by atoms with van der Waals surface area (Å²) in [6.45, 7) is 2.09. The van der Waals surface area contributed by atoms with E-state index < -0.39 is 0 Å². The van der Waals surface area contributed by atoms with Crippen molar-refractivity contribution in [1.29, 1.82) is 0 Å². The fourth-order valence-electron chi connectivity index (χ4n) is 1.39. The molecule has 0 radical (unpaired) electrons. The molecule has 0 fully saturated rings. The third-order valence-corrected chi connectivity index (χ3v) is 2.26. The van der Waals surface area contributed by atoms with Gasteiger partial charge in [-0.3, -0.25) is 0 Å². The molecule has 0 amide bonds. The summed E-state index contributed by atoms with van der Waals surface area (Å²) in [7, 11) is 0. The van der Waals surface area contributed by atoms with Crippen molar-refractivity contribution in [3.8, 4) is 5.69 Å². The predicted molar refractivity (Wildman–Crippen MR) is 54.9 cm³/mol. The maximum Gasteiger partial charge on any atom is 0.107 e. The average molecular weight is 188 g/mol. The zero-order chi connectivity index (χ0) is 9.97. The molecule has 0 aliphatic carbocycles. The molecule has 1 aromatic carbocycles. The quantitative estimate of drug-likeness (QED) is 0.755. The van der Waals surface area contributed by atoms with Crippen LogP contribution in [0.25, 0.3) is 5.69 Å². The van der Waals surface area contributed by atoms with E-state index in [2.05, 4.69) is 41.9 Å². The second-order valence-corrected chi connectivity index (χ2v) is 3.46. The van der Waals surface area contributed by atoms with E-state index in [0.717, 1.165) is 5.69 Å². The Labute approximate surface area is 83.2 Å². The third kappa shape index (κ3) is 1.67. The van der Waals surface area contributed by atoms with Crippen LogP contribution >= 0.6 is 0 Å². The van der Waals surface area contributed by atoms with E-state index in [-0.39, 0.29) is 0 Å². The molecule has 3 nitrogen and oxygen atoms in total. The fraction of sp³-hybridized carbons (Fsp3) is 0.182. The molecule has 0 saturated heterocycles. The van der Waals surface area contributed by atoms with Gasteiger partial charge in [0.2, 0.25) is 0 Å². The highest BCUT2D eigenvalue weighted by Gasteiger charge is 2.01. The van der Waals surface area contributed by atoms with Gasteiger partial charge in [-0.15, -0.1) is 0 Å². The first-order chi connectivity index (χ1) is 6.77. The molecule has 1 heterocycles. The number of benzene rings is 1. The van der Waals surface area contributed by atoms with Gasteiger partial charge in [0, 0.05) is 23.6 Å². The van der Waals surface area contributed by atoms with Crippen LogP contribution in [0.1, 0.15) is 18.5 Å². The largest absolute Gasteiger partial charge is 0.352 e. The highest BCUT2D eigenvalue weighted by atomic mass is 15.0. The second kappa shape index (κ2) is 3.64. The molecule has 0 aliphatic rings. The molecule has 2 aromatic rings. The SMILES string of the molecule is C[C@H]([NH3+])c1ccc(-n2ccnc2)cc1. The van der Waals surface area contributed by atoms with Crippen molar-refractivity contribution in [3.05, 3.63) is 48.5 Å². The van der Waals surface area contributed by atoms with Gasteiger partial charge in [-0.2, -0.15) is 0 Å². The molecule has 1 atom stereocenters. The van der Waals surface area contributed by atoms with Crippen molar-refractivity contribution in [2.24, 2.45) is 0 Å². The number of aromatic nitrogens is 2. The molecule has 0 saturated carbocycles.